The van der Waals surface area contributed by atoms with E-state index in [1.54, 1.807) is 12.1 Å². The molecule has 0 saturated heterocycles. The molecule has 2 unspecified atom stereocenters. The lowest BCUT2D eigenvalue weighted by Gasteiger charge is -2.31. The fraction of sp³-hybridized carbons (Fsp3) is 0.632. The van der Waals surface area contributed by atoms with Gasteiger partial charge in [-0.15, -0.1) is 24.0 Å². The molecule has 0 heterocycles. The van der Waals surface area contributed by atoms with Crippen molar-refractivity contribution in [2.45, 2.75) is 51.4 Å². The number of phenolic OH excluding ortho intramolecular Hbond substituents is 1. The van der Waals surface area contributed by atoms with E-state index in [0.717, 1.165) is 5.56 Å². The van der Waals surface area contributed by atoms with E-state index in [4.69, 9.17) is 9.47 Å². The molecule has 1 aromatic rings. The Bertz CT molecular complexity index is 661. The van der Waals surface area contributed by atoms with Gasteiger partial charge < -0.3 is 25.2 Å². The quantitative estimate of drug-likeness (QED) is 0.292. The highest BCUT2D eigenvalue weighted by molar-refractivity contribution is 14.0. The molecule has 166 valence electrons. The third kappa shape index (κ3) is 7.31. The highest BCUT2D eigenvalue weighted by atomic mass is 127. The van der Waals surface area contributed by atoms with Crippen LogP contribution in [0.25, 0.3) is 0 Å². The highest BCUT2D eigenvalue weighted by Crippen LogP contribution is 2.38. The van der Waals surface area contributed by atoms with Gasteiger partial charge in [0.15, 0.2) is 17.5 Å². The second-order valence-electron chi connectivity index (χ2n) is 6.79. The lowest BCUT2D eigenvalue weighted by Crippen LogP contribution is -2.46. The van der Waals surface area contributed by atoms with Gasteiger partial charge in [0.25, 0.3) is 0 Å². The fourth-order valence-corrected chi connectivity index (χ4v) is 3.34. The van der Waals surface area contributed by atoms with E-state index in [2.05, 4.69) is 15.6 Å². The van der Waals surface area contributed by atoms with Crippen molar-refractivity contribution < 1.29 is 27.8 Å². The SMILES string of the molecule is CCNC(=NCc1cc(OC)c(O)c(OC)c1)NC1CCCC(C(F)(F)F)C1.I. The molecule has 1 aliphatic carbocycles. The van der Waals surface area contributed by atoms with Crippen LogP contribution < -0.4 is 20.1 Å². The summed E-state index contributed by atoms with van der Waals surface area (Å²) in [5.74, 6) is -0.373. The number of aromatic hydroxyl groups is 1. The number of nitrogens with zero attached hydrogens (tertiary/aromatic N) is 1. The van der Waals surface area contributed by atoms with Gasteiger partial charge in [0, 0.05) is 12.6 Å². The fourth-order valence-electron chi connectivity index (χ4n) is 3.34. The molecule has 0 aliphatic heterocycles. The first kappa shape index (κ1) is 25.4. The zero-order valence-corrected chi connectivity index (χ0v) is 19.1. The van der Waals surface area contributed by atoms with Crippen molar-refractivity contribution in [3.8, 4) is 17.2 Å². The monoisotopic (exact) mass is 531 g/mol. The number of hydrogen-bond donors (Lipinski definition) is 3. The van der Waals surface area contributed by atoms with Crippen molar-refractivity contribution in [3.05, 3.63) is 17.7 Å². The van der Waals surface area contributed by atoms with Crippen LogP contribution in [0.1, 0.15) is 38.2 Å². The van der Waals surface area contributed by atoms with Gasteiger partial charge in [-0.25, -0.2) is 4.99 Å². The summed E-state index contributed by atoms with van der Waals surface area (Å²) in [5.41, 5.74) is 0.737. The van der Waals surface area contributed by atoms with Gasteiger partial charge in [-0.05, 0) is 43.9 Å². The summed E-state index contributed by atoms with van der Waals surface area (Å²) >= 11 is 0. The topological polar surface area (TPSA) is 75.1 Å². The molecule has 10 heteroatoms. The first-order valence-corrected chi connectivity index (χ1v) is 9.33. The average Bonchev–Trinajstić information content (AvgIpc) is 2.66. The number of guanidine groups is 1. The number of hydrogen-bond acceptors (Lipinski definition) is 4. The van der Waals surface area contributed by atoms with Crippen molar-refractivity contribution in [2.75, 3.05) is 20.8 Å². The van der Waals surface area contributed by atoms with Crippen molar-refractivity contribution in [1.29, 1.82) is 0 Å². The summed E-state index contributed by atoms with van der Waals surface area (Å²) in [6.45, 7) is 2.73. The number of methoxy groups -OCH3 is 2. The lowest BCUT2D eigenvalue weighted by atomic mass is 9.85. The molecule has 0 bridgehead atoms. The van der Waals surface area contributed by atoms with Crippen molar-refractivity contribution in [1.82, 2.24) is 10.6 Å². The number of aliphatic imine (C=N–C) groups is 1. The summed E-state index contributed by atoms with van der Waals surface area (Å²) in [4.78, 5) is 4.47. The Morgan fingerprint density at radius 2 is 1.83 bits per heavy atom. The van der Waals surface area contributed by atoms with Gasteiger partial charge in [-0.1, -0.05) is 6.42 Å². The highest BCUT2D eigenvalue weighted by Gasteiger charge is 2.42. The van der Waals surface area contributed by atoms with Gasteiger partial charge >= 0.3 is 6.18 Å². The second kappa shape index (κ2) is 11.6. The largest absolute Gasteiger partial charge is 0.502 e. The molecular weight excluding hydrogens is 502 g/mol. The van der Waals surface area contributed by atoms with Gasteiger partial charge in [-0.3, -0.25) is 0 Å². The van der Waals surface area contributed by atoms with E-state index in [-0.39, 0.29) is 66.7 Å². The molecule has 1 fully saturated rings. The van der Waals surface area contributed by atoms with E-state index in [0.29, 0.717) is 25.3 Å². The Labute approximate surface area is 186 Å². The maximum Gasteiger partial charge on any atom is 0.391 e. The molecular formula is C19H29F3IN3O3. The first-order chi connectivity index (χ1) is 13.3. The first-order valence-electron chi connectivity index (χ1n) is 9.33. The van der Waals surface area contributed by atoms with E-state index in [1.807, 2.05) is 6.92 Å². The zero-order valence-electron chi connectivity index (χ0n) is 16.8. The Morgan fingerprint density at radius 1 is 1.21 bits per heavy atom. The van der Waals surface area contributed by atoms with Crippen molar-refractivity contribution in [3.63, 3.8) is 0 Å². The normalized spacial score (nSPS) is 19.9. The molecule has 0 spiro atoms. The predicted molar refractivity (Wildman–Crippen MR) is 116 cm³/mol. The van der Waals surface area contributed by atoms with Crippen LogP contribution in [0.15, 0.2) is 17.1 Å². The number of halogens is 4. The molecule has 0 aromatic heterocycles. The zero-order chi connectivity index (χ0) is 20.7. The summed E-state index contributed by atoms with van der Waals surface area (Å²) in [7, 11) is 2.88. The van der Waals surface area contributed by atoms with Gasteiger partial charge in [-0.2, -0.15) is 13.2 Å². The summed E-state index contributed by atoms with van der Waals surface area (Å²) in [6, 6.07) is 3.01. The minimum atomic E-state index is -4.16. The summed E-state index contributed by atoms with van der Waals surface area (Å²) in [6.07, 6.45) is -2.71. The molecule has 3 N–H and O–H groups in total. The molecule has 6 nitrogen and oxygen atoms in total. The summed E-state index contributed by atoms with van der Waals surface area (Å²) in [5, 5.41) is 16.2. The summed E-state index contributed by atoms with van der Waals surface area (Å²) < 4.78 is 49.3. The van der Waals surface area contributed by atoms with Crippen LogP contribution in [0.5, 0.6) is 17.2 Å². The number of rotatable bonds is 6. The third-order valence-electron chi connectivity index (χ3n) is 4.78. The average molecular weight is 531 g/mol. The van der Waals surface area contributed by atoms with Gasteiger partial charge in [0.2, 0.25) is 5.75 Å². The van der Waals surface area contributed by atoms with Crippen LogP contribution in [0.4, 0.5) is 13.2 Å². The number of phenols is 1. The molecule has 1 aliphatic rings. The smallest absolute Gasteiger partial charge is 0.391 e. The minimum Gasteiger partial charge on any atom is -0.502 e. The third-order valence-corrected chi connectivity index (χ3v) is 4.78. The maximum absolute atomic E-state index is 13.0. The predicted octanol–water partition coefficient (Wildman–Crippen LogP) is 4.20. The van der Waals surface area contributed by atoms with Crippen LogP contribution >= 0.6 is 24.0 Å². The molecule has 2 rings (SSSR count). The van der Waals surface area contributed by atoms with E-state index in [9.17, 15) is 18.3 Å². The molecule has 0 radical (unpaired) electrons. The Hall–Kier alpha value is -1.59. The van der Waals surface area contributed by atoms with Gasteiger partial charge in [0.05, 0.1) is 26.7 Å². The van der Waals surface area contributed by atoms with Gasteiger partial charge in [0.1, 0.15) is 0 Å². The standard InChI is InChI=1S/C19H28F3N3O3.HI/c1-4-23-18(25-14-7-5-6-13(10-14)19(20,21)22)24-11-12-8-15(27-2)17(26)16(9-12)28-3;/h8-9,13-14,26H,4-7,10-11H2,1-3H3,(H2,23,24,25);1H. The van der Waals surface area contributed by atoms with Crippen LogP contribution in [0.3, 0.4) is 0 Å². The van der Waals surface area contributed by atoms with Crippen molar-refractivity contribution >= 4 is 29.9 Å². The maximum atomic E-state index is 13.0. The number of benzene rings is 1. The number of alkyl halides is 3. The molecule has 29 heavy (non-hydrogen) atoms. The van der Waals surface area contributed by atoms with Crippen molar-refractivity contribution in [2.24, 2.45) is 10.9 Å². The molecule has 0 amide bonds. The van der Waals surface area contributed by atoms with Crippen LogP contribution in [0, 0.1) is 5.92 Å². The van der Waals surface area contributed by atoms with E-state index >= 15 is 0 Å². The van der Waals surface area contributed by atoms with E-state index in [1.165, 1.54) is 14.2 Å². The molecule has 2 atom stereocenters. The number of ether oxygens (including phenoxy) is 2. The molecule has 1 aromatic carbocycles. The number of nitrogens with one attached hydrogen (secondary N) is 2. The van der Waals surface area contributed by atoms with Crippen LogP contribution in [-0.2, 0) is 6.54 Å². The van der Waals surface area contributed by atoms with Crippen LogP contribution in [-0.4, -0.2) is 44.0 Å². The van der Waals surface area contributed by atoms with E-state index < -0.39 is 12.1 Å². The molecule has 1 saturated carbocycles. The Kier molecular flexibility index (Phi) is 10.1. The Morgan fingerprint density at radius 3 is 2.34 bits per heavy atom. The van der Waals surface area contributed by atoms with Crippen LogP contribution in [0.2, 0.25) is 0 Å². The lowest BCUT2D eigenvalue weighted by molar-refractivity contribution is -0.183. The Balaban J connectivity index is 0.00000420. The second-order valence-corrected chi connectivity index (χ2v) is 6.79. The minimum absolute atomic E-state index is 0.